The van der Waals surface area contributed by atoms with E-state index in [-0.39, 0.29) is 17.6 Å². The molecule has 0 aliphatic rings. The highest BCUT2D eigenvalue weighted by atomic mass is 35.5. The third-order valence-electron chi connectivity index (χ3n) is 3.56. The number of nitrogens with two attached hydrogens (primary N) is 1. The lowest BCUT2D eigenvalue weighted by molar-refractivity contribution is -0.116. The summed E-state index contributed by atoms with van der Waals surface area (Å²) in [5.41, 5.74) is 7.39. The normalized spacial score (nSPS) is 10.1. The molecule has 5 nitrogen and oxygen atoms in total. The number of nitrogens with one attached hydrogen (secondary N) is 1. The molecule has 2 amide bonds. The van der Waals surface area contributed by atoms with Crippen molar-refractivity contribution in [2.24, 2.45) is 5.73 Å². The van der Waals surface area contributed by atoms with Crippen LogP contribution >= 0.6 is 35.6 Å². The fourth-order valence-corrected chi connectivity index (χ4v) is 3.24. The number of benzene rings is 1. The molecule has 0 unspecified atom stereocenters. The fourth-order valence-electron chi connectivity index (χ4n) is 2.18. The second-order valence-electron chi connectivity index (χ2n) is 6.00. The molecule has 27 heavy (non-hydrogen) atoms. The van der Waals surface area contributed by atoms with E-state index in [1.807, 2.05) is 30.5 Å². The van der Waals surface area contributed by atoms with Gasteiger partial charge in [0.25, 0.3) is 0 Å². The van der Waals surface area contributed by atoms with Gasteiger partial charge in [-0.2, -0.15) is 12.6 Å². The number of thiol groups is 1. The highest BCUT2D eigenvalue weighted by Gasteiger charge is 2.10. The molecule has 2 aromatic rings. The van der Waals surface area contributed by atoms with E-state index in [0.717, 1.165) is 29.7 Å². The monoisotopic (exact) mass is 427 g/mol. The fraction of sp³-hybridized carbons (Fsp3) is 0.421. The van der Waals surface area contributed by atoms with Crippen LogP contribution in [0.3, 0.4) is 0 Å². The zero-order valence-corrected chi connectivity index (χ0v) is 18.1. The van der Waals surface area contributed by atoms with E-state index >= 15 is 0 Å². The van der Waals surface area contributed by atoms with Gasteiger partial charge in [-0.15, -0.1) is 11.3 Å². The van der Waals surface area contributed by atoms with Gasteiger partial charge in [-0.05, 0) is 25.0 Å². The Kier molecular flexibility index (Phi) is 11.1. The number of carbonyl (C=O) groups excluding carboxylic acids is 2. The first kappa shape index (κ1) is 23.5. The molecule has 0 fully saturated rings. The zero-order valence-electron chi connectivity index (χ0n) is 15.6. The Morgan fingerprint density at radius 2 is 2.00 bits per heavy atom. The Balaban J connectivity index is 0.000000646. The number of aromatic nitrogens is 1. The summed E-state index contributed by atoms with van der Waals surface area (Å²) in [6, 6.07) is 5.89. The average Bonchev–Trinajstić information content (AvgIpc) is 3.07. The van der Waals surface area contributed by atoms with Crippen molar-refractivity contribution in [1.29, 1.82) is 0 Å². The van der Waals surface area contributed by atoms with Crippen molar-refractivity contribution in [1.82, 2.24) is 4.98 Å². The number of nitrogens with zero attached hydrogens (tertiary/aromatic N) is 1. The molecule has 0 saturated carbocycles. The van der Waals surface area contributed by atoms with Gasteiger partial charge in [-0.1, -0.05) is 49.9 Å². The molecule has 0 aliphatic carbocycles. The van der Waals surface area contributed by atoms with E-state index in [0.29, 0.717) is 16.6 Å². The topological polar surface area (TPSA) is 85.1 Å². The minimum Gasteiger partial charge on any atom is -0.369 e. The van der Waals surface area contributed by atoms with Crippen LogP contribution in [0.2, 0.25) is 5.02 Å². The number of thiazole rings is 1. The van der Waals surface area contributed by atoms with E-state index in [9.17, 15) is 9.59 Å². The number of primary amides is 1. The molecule has 0 radical (unpaired) electrons. The molecule has 148 valence electrons. The van der Waals surface area contributed by atoms with Crippen molar-refractivity contribution < 1.29 is 9.59 Å². The second-order valence-corrected chi connectivity index (χ2v) is 7.59. The van der Waals surface area contributed by atoms with Gasteiger partial charge >= 0.3 is 0 Å². The molecule has 1 aromatic heterocycles. The number of halogens is 1. The molecule has 0 atom stereocenters. The summed E-state index contributed by atoms with van der Waals surface area (Å²) in [6.45, 7) is 4.16. The molecule has 0 aliphatic heterocycles. The van der Waals surface area contributed by atoms with Crippen molar-refractivity contribution in [3.63, 3.8) is 0 Å². The van der Waals surface area contributed by atoms with Crippen LogP contribution in [0, 0.1) is 6.92 Å². The van der Waals surface area contributed by atoms with Crippen LogP contribution < -0.4 is 11.1 Å². The van der Waals surface area contributed by atoms with Crippen LogP contribution in [-0.4, -0.2) is 22.6 Å². The minimum absolute atomic E-state index is 0.0343. The molecule has 1 heterocycles. The molecule has 0 spiro atoms. The van der Waals surface area contributed by atoms with E-state index in [1.165, 1.54) is 24.2 Å². The standard InChI is InChI=1S/C17H21ClN2OS.C2H5NOS/c1-3-4-5-6-7-16(21)20-17-19-15(11-22-17)13-9-8-12(2)10-14(13)18;3-2(4)1-5/h8-11H,3-7H2,1-2H3,(H,19,20,21);5H,1H2,(H2,3,4). The summed E-state index contributed by atoms with van der Waals surface area (Å²) in [6.07, 6.45) is 4.95. The summed E-state index contributed by atoms with van der Waals surface area (Å²) < 4.78 is 0. The van der Waals surface area contributed by atoms with Gasteiger partial charge in [0, 0.05) is 17.4 Å². The number of aryl methyl sites for hydroxylation is 1. The number of hydrogen-bond acceptors (Lipinski definition) is 5. The Hall–Kier alpha value is -1.57. The molecular formula is C19H26ClN3O2S2. The summed E-state index contributed by atoms with van der Waals surface area (Å²) >= 11 is 11.2. The van der Waals surface area contributed by atoms with E-state index < -0.39 is 0 Å². The molecule has 0 saturated heterocycles. The van der Waals surface area contributed by atoms with Crippen LogP contribution in [0.15, 0.2) is 23.6 Å². The summed E-state index contributed by atoms with van der Waals surface area (Å²) in [4.78, 5) is 25.8. The van der Waals surface area contributed by atoms with Gasteiger partial charge in [0.2, 0.25) is 11.8 Å². The molecule has 0 bridgehead atoms. The Bertz CT molecular complexity index is 750. The lowest BCUT2D eigenvalue weighted by Crippen LogP contribution is -2.10. The van der Waals surface area contributed by atoms with Crippen LogP contribution in [0.1, 0.15) is 44.6 Å². The SMILES string of the molecule is CCCCCCC(=O)Nc1nc(-c2ccc(C)cc2Cl)cs1.NC(=O)CS. The maximum Gasteiger partial charge on any atom is 0.227 e. The van der Waals surface area contributed by atoms with Gasteiger partial charge in [0.15, 0.2) is 5.13 Å². The summed E-state index contributed by atoms with van der Waals surface area (Å²) in [7, 11) is 0. The van der Waals surface area contributed by atoms with Crippen molar-refractivity contribution >= 4 is 52.5 Å². The molecule has 8 heteroatoms. The predicted octanol–water partition coefficient (Wildman–Crippen LogP) is 5.08. The average molecular weight is 428 g/mol. The third-order valence-corrected chi connectivity index (χ3v) is 4.95. The van der Waals surface area contributed by atoms with Crippen molar-refractivity contribution in [3.8, 4) is 11.3 Å². The minimum atomic E-state index is -0.381. The van der Waals surface area contributed by atoms with E-state index in [1.54, 1.807) is 0 Å². The van der Waals surface area contributed by atoms with Crippen LogP contribution in [0.25, 0.3) is 11.3 Å². The van der Waals surface area contributed by atoms with Gasteiger partial charge < -0.3 is 11.1 Å². The summed E-state index contributed by atoms with van der Waals surface area (Å²) in [5.74, 6) is -0.208. The largest absolute Gasteiger partial charge is 0.369 e. The maximum absolute atomic E-state index is 11.9. The zero-order chi connectivity index (χ0) is 20.2. The number of amides is 2. The first-order chi connectivity index (χ1) is 12.9. The molecular weight excluding hydrogens is 402 g/mol. The number of anilines is 1. The number of hydrogen-bond donors (Lipinski definition) is 3. The third kappa shape index (κ3) is 9.26. The van der Waals surface area contributed by atoms with Crippen molar-refractivity contribution in [2.45, 2.75) is 46.0 Å². The highest BCUT2D eigenvalue weighted by Crippen LogP contribution is 2.31. The Morgan fingerprint density at radius 3 is 2.59 bits per heavy atom. The number of unbranched alkanes of at least 4 members (excludes halogenated alkanes) is 3. The lowest BCUT2D eigenvalue weighted by Gasteiger charge is -2.03. The van der Waals surface area contributed by atoms with Crippen molar-refractivity contribution in [2.75, 3.05) is 11.1 Å². The number of rotatable bonds is 8. The maximum atomic E-state index is 11.9. The first-order valence-electron chi connectivity index (χ1n) is 8.78. The van der Waals surface area contributed by atoms with Gasteiger partial charge in [0.1, 0.15) is 0 Å². The van der Waals surface area contributed by atoms with Crippen LogP contribution in [-0.2, 0) is 9.59 Å². The number of carbonyl (C=O) groups is 2. The summed E-state index contributed by atoms with van der Waals surface area (Å²) in [5, 5.41) is 6.10. The molecule has 3 N–H and O–H groups in total. The Labute approximate surface area is 175 Å². The van der Waals surface area contributed by atoms with Gasteiger partial charge in [0.05, 0.1) is 16.5 Å². The first-order valence-corrected chi connectivity index (χ1v) is 10.7. The van der Waals surface area contributed by atoms with Crippen LogP contribution in [0.4, 0.5) is 5.13 Å². The predicted molar refractivity (Wildman–Crippen MR) is 118 cm³/mol. The van der Waals surface area contributed by atoms with Crippen molar-refractivity contribution in [3.05, 3.63) is 34.2 Å². The van der Waals surface area contributed by atoms with Crippen LogP contribution in [0.5, 0.6) is 0 Å². The lowest BCUT2D eigenvalue weighted by atomic mass is 10.1. The molecule has 1 aromatic carbocycles. The van der Waals surface area contributed by atoms with Gasteiger partial charge in [-0.25, -0.2) is 4.98 Å². The van der Waals surface area contributed by atoms with Gasteiger partial charge in [-0.3, -0.25) is 9.59 Å². The van der Waals surface area contributed by atoms with E-state index in [4.69, 9.17) is 11.6 Å². The van der Waals surface area contributed by atoms with E-state index in [2.05, 4.69) is 35.6 Å². The second kappa shape index (κ2) is 12.8. The molecule has 2 rings (SSSR count). The highest BCUT2D eigenvalue weighted by molar-refractivity contribution is 7.81. The quantitative estimate of drug-likeness (QED) is 0.405. The smallest absolute Gasteiger partial charge is 0.227 e. The Morgan fingerprint density at radius 1 is 1.30 bits per heavy atom.